The van der Waals surface area contributed by atoms with Crippen LogP contribution in [-0.2, 0) is 0 Å². The molecule has 1 rings (SSSR count). The first kappa shape index (κ1) is 11.7. The summed E-state index contributed by atoms with van der Waals surface area (Å²) in [5, 5.41) is 3.42. The van der Waals surface area contributed by atoms with Crippen molar-refractivity contribution in [2.45, 2.75) is 25.9 Å². The maximum absolute atomic E-state index is 5.55. The Morgan fingerprint density at radius 2 is 1.86 bits per heavy atom. The highest BCUT2D eigenvalue weighted by atomic mass is 79.9. The van der Waals surface area contributed by atoms with Gasteiger partial charge in [-0.05, 0) is 31.5 Å². The van der Waals surface area contributed by atoms with Gasteiger partial charge in [-0.2, -0.15) is 0 Å². The summed E-state index contributed by atoms with van der Waals surface area (Å²) in [6, 6.07) is 9.05. The van der Waals surface area contributed by atoms with Crippen molar-refractivity contribution in [1.82, 2.24) is 5.32 Å². The number of hydrogen-bond donors (Lipinski definition) is 2. The Balaban J connectivity index is 2.60. The lowest BCUT2D eigenvalue weighted by Gasteiger charge is -2.19. The van der Waals surface area contributed by atoms with Crippen LogP contribution in [0.2, 0.25) is 0 Å². The van der Waals surface area contributed by atoms with Crippen molar-refractivity contribution in [1.29, 1.82) is 0 Å². The number of hydrogen-bond acceptors (Lipinski definition) is 2. The fraction of sp³-hybridized carbons (Fsp3) is 0.455. The van der Waals surface area contributed by atoms with Gasteiger partial charge in [0.25, 0.3) is 0 Å². The summed E-state index contributed by atoms with van der Waals surface area (Å²) in [6.45, 7) is 4.91. The van der Waals surface area contributed by atoms with Gasteiger partial charge in [0.1, 0.15) is 0 Å². The van der Waals surface area contributed by atoms with Crippen molar-refractivity contribution < 1.29 is 0 Å². The molecular weight excluding hydrogens is 240 g/mol. The standard InChI is InChI=1S/C11H17BrN2/c1-8(7-13)14-9(2)10-3-5-11(12)6-4-10/h3-6,8-9,14H,7,13H2,1-2H3. The molecule has 0 saturated heterocycles. The van der Waals surface area contributed by atoms with Crippen LogP contribution in [0.4, 0.5) is 0 Å². The molecule has 0 heterocycles. The Labute approximate surface area is 94.0 Å². The van der Waals surface area contributed by atoms with Crippen LogP contribution < -0.4 is 11.1 Å². The van der Waals surface area contributed by atoms with Gasteiger partial charge in [0.2, 0.25) is 0 Å². The molecule has 0 aliphatic heterocycles. The molecule has 78 valence electrons. The summed E-state index contributed by atoms with van der Waals surface area (Å²) in [4.78, 5) is 0. The Morgan fingerprint density at radius 1 is 1.29 bits per heavy atom. The van der Waals surface area contributed by atoms with Gasteiger partial charge in [0.15, 0.2) is 0 Å². The molecule has 0 radical (unpaired) electrons. The van der Waals surface area contributed by atoms with Crippen LogP contribution in [0.15, 0.2) is 28.7 Å². The summed E-state index contributed by atoms with van der Waals surface area (Å²) in [6.07, 6.45) is 0. The van der Waals surface area contributed by atoms with Gasteiger partial charge >= 0.3 is 0 Å². The molecule has 2 unspecified atom stereocenters. The van der Waals surface area contributed by atoms with E-state index in [-0.39, 0.29) is 0 Å². The Bertz CT molecular complexity index is 271. The first-order valence-electron chi connectivity index (χ1n) is 4.85. The molecule has 0 aliphatic rings. The second-order valence-corrected chi connectivity index (χ2v) is 4.49. The topological polar surface area (TPSA) is 38.0 Å². The van der Waals surface area contributed by atoms with E-state index in [9.17, 15) is 0 Å². The number of nitrogens with one attached hydrogen (secondary N) is 1. The minimum absolute atomic E-state index is 0.349. The maximum Gasteiger partial charge on any atom is 0.0294 e. The molecule has 1 aromatic carbocycles. The lowest BCUT2D eigenvalue weighted by molar-refractivity contribution is 0.485. The summed E-state index contributed by atoms with van der Waals surface area (Å²) in [5.41, 5.74) is 6.84. The maximum atomic E-state index is 5.55. The SMILES string of the molecule is CC(CN)NC(C)c1ccc(Br)cc1. The van der Waals surface area contributed by atoms with E-state index < -0.39 is 0 Å². The highest BCUT2D eigenvalue weighted by molar-refractivity contribution is 9.10. The van der Waals surface area contributed by atoms with Gasteiger partial charge in [-0.3, -0.25) is 0 Å². The molecule has 0 aliphatic carbocycles. The third-order valence-electron chi connectivity index (χ3n) is 2.26. The minimum atomic E-state index is 0.349. The first-order chi connectivity index (χ1) is 6.63. The van der Waals surface area contributed by atoms with Crippen LogP contribution in [0.3, 0.4) is 0 Å². The van der Waals surface area contributed by atoms with Crippen molar-refractivity contribution >= 4 is 15.9 Å². The fourth-order valence-electron chi connectivity index (χ4n) is 1.34. The molecule has 2 nitrogen and oxygen atoms in total. The lowest BCUT2D eigenvalue weighted by Crippen LogP contribution is -2.34. The summed E-state index contributed by atoms with van der Waals surface area (Å²) >= 11 is 3.42. The molecule has 1 aromatic rings. The van der Waals surface area contributed by atoms with Gasteiger partial charge < -0.3 is 11.1 Å². The van der Waals surface area contributed by atoms with E-state index in [1.165, 1.54) is 5.56 Å². The van der Waals surface area contributed by atoms with Gasteiger partial charge in [-0.25, -0.2) is 0 Å². The lowest BCUT2D eigenvalue weighted by atomic mass is 10.1. The molecule has 0 amide bonds. The van der Waals surface area contributed by atoms with Crippen LogP contribution in [0, 0.1) is 0 Å². The van der Waals surface area contributed by atoms with Gasteiger partial charge in [-0.1, -0.05) is 28.1 Å². The number of nitrogens with two attached hydrogens (primary N) is 1. The van der Waals surface area contributed by atoms with Crippen molar-refractivity contribution in [3.8, 4) is 0 Å². The summed E-state index contributed by atoms with van der Waals surface area (Å²) in [7, 11) is 0. The van der Waals surface area contributed by atoms with Crippen LogP contribution in [0.1, 0.15) is 25.5 Å². The largest absolute Gasteiger partial charge is 0.329 e. The van der Waals surface area contributed by atoms with Crippen LogP contribution >= 0.6 is 15.9 Å². The van der Waals surface area contributed by atoms with Crippen LogP contribution in [0.25, 0.3) is 0 Å². The Hall–Kier alpha value is -0.380. The molecule has 0 bridgehead atoms. The molecule has 14 heavy (non-hydrogen) atoms. The number of benzene rings is 1. The highest BCUT2D eigenvalue weighted by Crippen LogP contribution is 2.16. The van der Waals surface area contributed by atoms with Crippen molar-refractivity contribution in [2.24, 2.45) is 5.73 Å². The second kappa shape index (κ2) is 5.49. The average molecular weight is 257 g/mol. The zero-order valence-electron chi connectivity index (χ0n) is 8.63. The van der Waals surface area contributed by atoms with E-state index in [4.69, 9.17) is 5.73 Å². The van der Waals surface area contributed by atoms with E-state index >= 15 is 0 Å². The van der Waals surface area contributed by atoms with E-state index in [1.54, 1.807) is 0 Å². The Morgan fingerprint density at radius 3 is 2.36 bits per heavy atom. The Kier molecular flexibility index (Phi) is 4.58. The van der Waals surface area contributed by atoms with Gasteiger partial charge in [0.05, 0.1) is 0 Å². The zero-order valence-corrected chi connectivity index (χ0v) is 10.2. The second-order valence-electron chi connectivity index (χ2n) is 3.58. The molecular formula is C11H17BrN2. The minimum Gasteiger partial charge on any atom is -0.329 e. The first-order valence-corrected chi connectivity index (χ1v) is 5.64. The predicted octanol–water partition coefficient (Wildman–Crippen LogP) is 2.45. The normalized spacial score (nSPS) is 15.1. The molecule has 3 N–H and O–H groups in total. The van der Waals surface area contributed by atoms with Gasteiger partial charge in [-0.15, -0.1) is 0 Å². The average Bonchev–Trinajstić information content (AvgIpc) is 2.18. The molecule has 2 atom stereocenters. The monoisotopic (exact) mass is 256 g/mol. The number of rotatable bonds is 4. The van der Waals surface area contributed by atoms with E-state index in [0.717, 1.165) is 4.47 Å². The third-order valence-corrected chi connectivity index (χ3v) is 2.79. The number of halogens is 1. The summed E-state index contributed by atoms with van der Waals surface area (Å²) < 4.78 is 1.11. The van der Waals surface area contributed by atoms with Crippen molar-refractivity contribution in [3.05, 3.63) is 34.3 Å². The molecule has 0 aromatic heterocycles. The molecule has 0 spiro atoms. The van der Waals surface area contributed by atoms with Crippen molar-refractivity contribution in [2.75, 3.05) is 6.54 Å². The van der Waals surface area contributed by atoms with Crippen LogP contribution in [0.5, 0.6) is 0 Å². The van der Waals surface area contributed by atoms with E-state index in [0.29, 0.717) is 18.6 Å². The van der Waals surface area contributed by atoms with E-state index in [2.05, 4.69) is 59.4 Å². The van der Waals surface area contributed by atoms with Crippen molar-refractivity contribution in [3.63, 3.8) is 0 Å². The smallest absolute Gasteiger partial charge is 0.0294 e. The molecule has 3 heteroatoms. The fourth-order valence-corrected chi connectivity index (χ4v) is 1.61. The summed E-state index contributed by atoms with van der Waals surface area (Å²) in [5.74, 6) is 0. The van der Waals surface area contributed by atoms with Crippen LogP contribution in [-0.4, -0.2) is 12.6 Å². The zero-order chi connectivity index (χ0) is 10.6. The van der Waals surface area contributed by atoms with E-state index in [1.807, 2.05) is 0 Å². The highest BCUT2D eigenvalue weighted by Gasteiger charge is 2.07. The quantitative estimate of drug-likeness (QED) is 0.869. The molecule has 0 fully saturated rings. The third kappa shape index (κ3) is 3.40. The predicted molar refractivity (Wildman–Crippen MR) is 64.2 cm³/mol. The molecule has 0 saturated carbocycles. The van der Waals surface area contributed by atoms with Gasteiger partial charge in [0, 0.05) is 23.1 Å².